The standard InChI is InChI=1S/C18H16N2OS/c19-14-8-10-15(11-9-14)22-12-18(21)20-17-7-3-5-13-4-1-2-6-16(13)17/h1-11H,12,19H2,(H,20,21). The van der Waals surface area contributed by atoms with Crippen molar-refractivity contribution in [2.75, 3.05) is 16.8 Å². The molecule has 0 aliphatic heterocycles. The molecule has 0 bridgehead atoms. The Hall–Kier alpha value is -2.46. The van der Waals surface area contributed by atoms with Crippen molar-refractivity contribution in [3.8, 4) is 0 Å². The van der Waals surface area contributed by atoms with Crippen LogP contribution in [0.4, 0.5) is 11.4 Å². The normalized spacial score (nSPS) is 10.5. The summed E-state index contributed by atoms with van der Waals surface area (Å²) in [5.74, 6) is 0.353. The van der Waals surface area contributed by atoms with E-state index in [-0.39, 0.29) is 5.91 Å². The van der Waals surface area contributed by atoms with Crippen LogP contribution in [0.25, 0.3) is 10.8 Å². The van der Waals surface area contributed by atoms with Gasteiger partial charge in [0.1, 0.15) is 0 Å². The van der Waals surface area contributed by atoms with E-state index in [1.165, 1.54) is 11.8 Å². The zero-order chi connectivity index (χ0) is 15.4. The maximum atomic E-state index is 12.1. The van der Waals surface area contributed by atoms with Crippen molar-refractivity contribution in [2.24, 2.45) is 0 Å². The fourth-order valence-corrected chi connectivity index (χ4v) is 2.93. The van der Waals surface area contributed by atoms with Crippen molar-refractivity contribution in [1.82, 2.24) is 0 Å². The van der Waals surface area contributed by atoms with Gasteiger partial charge in [-0.25, -0.2) is 0 Å². The van der Waals surface area contributed by atoms with Crippen LogP contribution in [0.15, 0.2) is 71.6 Å². The lowest BCUT2D eigenvalue weighted by Gasteiger charge is -2.08. The fraction of sp³-hybridized carbons (Fsp3) is 0.0556. The summed E-state index contributed by atoms with van der Waals surface area (Å²) in [6, 6.07) is 21.4. The summed E-state index contributed by atoms with van der Waals surface area (Å²) in [7, 11) is 0. The first-order valence-electron chi connectivity index (χ1n) is 6.98. The van der Waals surface area contributed by atoms with Crippen molar-refractivity contribution >= 4 is 39.8 Å². The number of carbonyl (C=O) groups excluding carboxylic acids is 1. The highest BCUT2D eigenvalue weighted by Gasteiger charge is 2.06. The van der Waals surface area contributed by atoms with E-state index < -0.39 is 0 Å². The second kappa shape index (κ2) is 6.54. The second-order valence-electron chi connectivity index (χ2n) is 4.93. The molecule has 0 aromatic heterocycles. The van der Waals surface area contributed by atoms with Gasteiger partial charge in [0, 0.05) is 21.7 Å². The number of anilines is 2. The van der Waals surface area contributed by atoms with Crippen LogP contribution in [-0.4, -0.2) is 11.7 Å². The lowest BCUT2D eigenvalue weighted by molar-refractivity contribution is -0.113. The molecule has 3 aromatic rings. The lowest BCUT2D eigenvalue weighted by Crippen LogP contribution is -2.14. The average molecular weight is 308 g/mol. The molecule has 0 radical (unpaired) electrons. The van der Waals surface area contributed by atoms with Gasteiger partial charge in [-0.2, -0.15) is 0 Å². The summed E-state index contributed by atoms with van der Waals surface area (Å²) in [6.45, 7) is 0. The van der Waals surface area contributed by atoms with Crippen LogP contribution in [0.3, 0.4) is 0 Å². The highest BCUT2D eigenvalue weighted by Crippen LogP contribution is 2.24. The molecule has 0 heterocycles. The molecular formula is C18H16N2OS. The molecule has 22 heavy (non-hydrogen) atoms. The number of benzene rings is 3. The van der Waals surface area contributed by atoms with Gasteiger partial charge in [-0.15, -0.1) is 11.8 Å². The molecule has 0 saturated heterocycles. The van der Waals surface area contributed by atoms with E-state index in [0.29, 0.717) is 5.75 Å². The maximum Gasteiger partial charge on any atom is 0.234 e. The molecule has 0 fully saturated rings. The van der Waals surface area contributed by atoms with Crippen LogP contribution in [-0.2, 0) is 4.79 Å². The Balaban J connectivity index is 1.67. The number of amides is 1. The Labute approximate surface area is 133 Å². The predicted octanol–water partition coefficient (Wildman–Crippen LogP) is 4.15. The summed E-state index contributed by atoms with van der Waals surface area (Å²) in [6.07, 6.45) is 0. The lowest BCUT2D eigenvalue weighted by atomic mass is 10.1. The van der Waals surface area contributed by atoms with Crippen LogP contribution >= 0.6 is 11.8 Å². The molecule has 0 saturated carbocycles. The number of hydrogen-bond donors (Lipinski definition) is 2. The van der Waals surface area contributed by atoms with Crippen LogP contribution in [0.5, 0.6) is 0 Å². The second-order valence-corrected chi connectivity index (χ2v) is 5.98. The summed E-state index contributed by atoms with van der Waals surface area (Å²) in [5.41, 5.74) is 7.22. The number of fused-ring (bicyclic) bond motifs is 1. The fourth-order valence-electron chi connectivity index (χ4n) is 2.23. The Morgan fingerprint density at radius 3 is 2.50 bits per heavy atom. The third-order valence-corrected chi connectivity index (χ3v) is 4.33. The molecule has 0 aliphatic rings. The molecule has 0 unspecified atom stereocenters. The number of hydrogen-bond acceptors (Lipinski definition) is 3. The quantitative estimate of drug-likeness (QED) is 0.562. The molecule has 0 aliphatic carbocycles. The molecule has 4 heteroatoms. The Bertz CT molecular complexity index is 794. The number of nitrogens with two attached hydrogens (primary N) is 1. The summed E-state index contributed by atoms with van der Waals surface area (Å²) >= 11 is 1.49. The molecule has 3 aromatic carbocycles. The highest BCUT2D eigenvalue weighted by molar-refractivity contribution is 8.00. The smallest absolute Gasteiger partial charge is 0.234 e. The number of nitrogen functional groups attached to an aromatic ring is 1. The van der Waals surface area contributed by atoms with E-state index in [0.717, 1.165) is 27.0 Å². The SMILES string of the molecule is Nc1ccc(SCC(=O)Nc2cccc3ccccc23)cc1. The van der Waals surface area contributed by atoms with Gasteiger partial charge in [0.15, 0.2) is 0 Å². The van der Waals surface area contributed by atoms with E-state index >= 15 is 0 Å². The van der Waals surface area contributed by atoms with Crippen LogP contribution < -0.4 is 11.1 Å². The van der Waals surface area contributed by atoms with E-state index in [1.54, 1.807) is 0 Å². The zero-order valence-corrected chi connectivity index (χ0v) is 12.8. The van der Waals surface area contributed by atoms with Gasteiger partial charge in [0.05, 0.1) is 5.75 Å². The van der Waals surface area contributed by atoms with Crippen molar-refractivity contribution in [3.63, 3.8) is 0 Å². The topological polar surface area (TPSA) is 55.1 Å². The summed E-state index contributed by atoms with van der Waals surface area (Å²) in [4.78, 5) is 13.2. The van der Waals surface area contributed by atoms with Gasteiger partial charge in [-0.05, 0) is 35.7 Å². The van der Waals surface area contributed by atoms with E-state index in [4.69, 9.17) is 5.73 Å². The van der Waals surface area contributed by atoms with E-state index in [1.807, 2.05) is 66.7 Å². The van der Waals surface area contributed by atoms with Gasteiger partial charge >= 0.3 is 0 Å². The largest absolute Gasteiger partial charge is 0.399 e. The molecule has 1 amide bonds. The Morgan fingerprint density at radius 2 is 1.68 bits per heavy atom. The van der Waals surface area contributed by atoms with Crippen LogP contribution in [0.1, 0.15) is 0 Å². The third kappa shape index (κ3) is 3.40. The minimum absolute atomic E-state index is 0.0156. The molecule has 110 valence electrons. The predicted molar refractivity (Wildman–Crippen MR) is 94.2 cm³/mol. The van der Waals surface area contributed by atoms with E-state index in [2.05, 4.69) is 5.32 Å². The van der Waals surface area contributed by atoms with Gasteiger partial charge in [-0.1, -0.05) is 36.4 Å². The maximum absolute atomic E-state index is 12.1. The van der Waals surface area contributed by atoms with Crippen LogP contribution in [0.2, 0.25) is 0 Å². The summed E-state index contributed by atoms with van der Waals surface area (Å²) in [5, 5.41) is 5.15. The third-order valence-electron chi connectivity index (χ3n) is 3.31. The van der Waals surface area contributed by atoms with Crippen molar-refractivity contribution in [3.05, 3.63) is 66.7 Å². The molecule has 3 N–H and O–H groups in total. The Kier molecular flexibility index (Phi) is 4.30. The van der Waals surface area contributed by atoms with Gasteiger partial charge < -0.3 is 11.1 Å². The van der Waals surface area contributed by atoms with Crippen molar-refractivity contribution in [1.29, 1.82) is 0 Å². The van der Waals surface area contributed by atoms with Gasteiger partial charge in [0.2, 0.25) is 5.91 Å². The molecule has 0 spiro atoms. The molecule has 3 rings (SSSR count). The zero-order valence-electron chi connectivity index (χ0n) is 12.0. The van der Waals surface area contributed by atoms with E-state index in [9.17, 15) is 4.79 Å². The van der Waals surface area contributed by atoms with Gasteiger partial charge in [0.25, 0.3) is 0 Å². The van der Waals surface area contributed by atoms with Crippen LogP contribution in [0, 0.1) is 0 Å². The highest BCUT2D eigenvalue weighted by atomic mass is 32.2. The first-order chi connectivity index (χ1) is 10.7. The monoisotopic (exact) mass is 308 g/mol. The average Bonchev–Trinajstić information content (AvgIpc) is 2.55. The number of rotatable bonds is 4. The number of thioether (sulfide) groups is 1. The minimum Gasteiger partial charge on any atom is -0.399 e. The van der Waals surface area contributed by atoms with Crippen molar-refractivity contribution in [2.45, 2.75) is 4.90 Å². The van der Waals surface area contributed by atoms with Crippen molar-refractivity contribution < 1.29 is 4.79 Å². The Morgan fingerprint density at radius 1 is 0.955 bits per heavy atom. The number of nitrogens with one attached hydrogen (secondary N) is 1. The molecular weight excluding hydrogens is 292 g/mol. The molecule has 3 nitrogen and oxygen atoms in total. The summed E-state index contributed by atoms with van der Waals surface area (Å²) < 4.78 is 0. The first kappa shape index (κ1) is 14.5. The number of carbonyl (C=O) groups is 1. The molecule has 0 atom stereocenters. The minimum atomic E-state index is -0.0156. The first-order valence-corrected chi connectivity index (χ1v) is 7.97. The van der Waals surface area contributed by atoms with Gasteiger partial charge in [-0.3, -0.25) is 4.79 Å².